The Hall–Kier alpha value is -2.76. The smallest absolute Gasteiger partial charge is 0.255 e. The molecule has 0 aromatic heterocycles. The Kier molecular flexibility index (Phi) is 5.63. The molecular formula is C18H18F2N2O2. The van der Waals surface area contributed by atoms with Crippen LogP contribution in [0.15, 0.2) is 48.5 Å². The van der Waals surface area contributed by atoms with Gasteiger partial charge >= 0.3 is 0 Å². The van der Waals surface area contributed by atoms with Crippen molar-refractivity contribution in [3.63, 3.8) is 0 Å². The van der Waals surface area contributed by atoms with E-state index >= 15 is 0 Å². The van der Waals surface area contributed by atoms with Crippen LogP contribution in [-0.2, 0) is 11.2 Å². The largest absolute Gasteiger partial charge is 0.347 e. The first-order valence-corrected chi connectivity index (χ1v) is 7.39. The van der Waals surface area contributed by atoms with Gasteiger partial charge in [0.15, 0.2) is 0 Å². The summed E-state index contributed by atoms with van der Waals surface area (Å²) in [5.74, 6) is -2.73. The highest BCUT2D eigenvalue weighted by molar-refractivity contribution is 5.97. The first-order chi connectivity index (χ1) is 11.4. The molecule has 0 aliphatic carbocycles. The number of hydrogen-bond donors (Lipinski definition) is 1. The van der Waals surface area contributed by atoms with E-state index < -0.39 is 29.1 Å². The molecule has 0 radical (unpaired) electrons. The average molecular weight is 332 g/mol. The first kappa shape index (κ1) is 17.6. The molecule has 2 aromatic carbocycles. The van der Waals surface area contributed by atoms with Gasteiger partial charge < -0.3 is 10.2 Å². The van der Waals surface area contributed by atoms with E-state index in [1.54, 1.807) is 14.1 Å². The van der Waals surface area contributed by atoms with Crippen molar-refractivity contribution in [3.8, 4) is 0 Å². The Balaban J connectivity index is 2.22. The summed E-state index contributed by atoms with van der Waals surface area (Å²) >= 11 is 0. The van der Waals surface area contributed by atoms with Gasteiger partial charge in [0.25, 0.3) is 5.91 Å². The van der Waals surface area contributed by atoms with E-state index in [2.05, 4.69) is 5.32 Å². The Labute approximate surface area is 139 Å². The molecule has 24 heavy (non-hydrogen) atoms. The molecule has 0 spiro atoms. The Morgan fingerprint density at radius 3 is 2.38 bits per heavy atom. The van der Waals surface area contributed by atoms with Crippen LogP contribution in [0.4, 0.5) is 8.78 Å². The fourth-order valence-electron chi connectivity index (χ4n) is 2.27. The summed E-state index contributed by atoms with van der Waals surface area (Å²) in [4.78, 5) is 25.9. The minimum absolute atomic E-state index is 0.251. The second kappa shape index (κ2) is 7.68. The second-order valence-corrected chi connectivity index (χ2v) is 5.57. The molecule has 0 aliphatic heterocycles. The van der Waals surface area contributed by atoms with Crippen molar-refractivity contribution in [2.24, 2.45) is 0 Å². The van der Waals surface area contributed by atoms with Gasteiger partial charge in [-0.1, -0.05) is 30.3 Å². The van der Waals surface area contributed by atoms with Crippen molar-refractivity contribution in [2.45, 2.75) is 12.5 Å². The molecule has 2 rings (SSSR count). The molecule has 0 saturated heterocycles. The maximum absolute atomic E-state index is 13.7. The third-order valence-electron chi connectivity index (χ3n) is 3.50. The van der Waals surface area contributed by atoms with Gasteiger partial charge in [0.05, 0.1) is 5.56 Å². The van der Waals surface area contributed by atoms with Crippen LogP contribution in [0.25, 0.3) is 0 Å². The lowest BCUT2D eigenvalue weighted by Gasteiger charge is -2.22. The maximum atomic E-state index is 13.7. The number of benzene rings is 2. The molecule has 0 aliphatic rings. The summed E-state index contributed by atoms with van der Waals surface area (Å²) in [6.45, 7) is 0. The molecule has 0 bridgehead atoms. The van der Waals surface area contributed by atoms with Gasteiger partial charge in [-0.05, 0) is 23.8 Å². The van der Waals surface area contributed by atoms with Crippen LogP contribution in [0, 0.1) is 11.6 Å². The minimum atomic E-state index is -0.877. The Morgan fingerprint density at radius 1 is 1.08 bits per heavy atom. The van der Waals surface area contributed by atoms with Gasteiger partial charge in [0.1, 0.15) is 17.7 Å². The lowest BCUT2D eigenvalue weighted by atomic mass is 10.0. The summed E-state index contributed by atoms with van der Waals surface area (Å²) in [5, 5.41) is 2.49. The van der Waals surface area contributed by atoms with Gasteiger partial charge in [-0.15, -0.1) is 0 Å². The molecule has 1 N–H and O–H groups in total. The molecule has 1 unspecified atom stereocenters. The minimum Gasteiger partial charge on any atom is -0.347 e. The summed E-state index contributed by atoms with van der Waals surface area (Å²) < 4.78 is 27.0. The predicted octanol–water partition coefficient (Wildman–Crippen LogP) is 2.39. The standard InChI is InChI=1S/C18H18F2N2O2/c1-22(2)18(24)16(10-12-6-4-3-5-7-12)21-17(23)14-11-13(19)8-9-15(14)20/h3-9,11,16H,10H2,1-2H3,(H,21,23). The highest BCUT2D eigenvalue weighted by Gasteiger charge is 2.24. The van der Waals surface area contributed by atoms with Crippen LogP contribution in [0.2, 0.25) is 0 Å². The molecular weight excluding hydrogens is 314 g/mol. The van der Waals surface area contributed by atoms with Gasteiger partial charge in [-0.2, -0.15) is 0 Å². The number of nitrogens with zero attached hydrogens (tertiary/aromatic N) is 1. The SMILES string of the molecule is CN(C)C(=O)C(Cc1ccccc1)NC(=O)c1cc(F)ccc1F. The van der Waals surface area contributed by atoms with E-state index in [1.165, 1.54) is 4.90 Å². The van der Waals surface area contributed by atoms with E-state index in [0.29, 0.717) is 0 Å². The number of carbonyl (C=O) groups is 2. The Morgan fingerprint density at radius 2 is 1.75 bits per heavy atom. The second-order valence-electron chi connectivity index (χ2n) is 5.57. The monoisotopic (exact) mass is 332 g/mol. The maximum Gasteiger partial charge on any atom is 0.255 e. The third-order valence-corrected chi connectivity index (χ3v) is 3.50. The molecule has 126 valence electrons. The first-order valence-electron chi connectivity index (χ1n) is 7.39. The zero-order chi connectivity index (χ0) is 17.7. The predicted molar refractivity (Wildman–Crippen MR) is 86.5 cm³/mol. The lowest BCUT2D eigenvalue weighted by molar-refractivity contribution is -0.130. The summed E-state index contributed by atoms with van der Waals surface area (Å²) in [6.07, 6.45) is 0.251. The van der Waals surface area contributed by atoms with E-state index in [1.807, 2.05) is 30.3 Å². The lowest BCUT2D eigenvalue weighted by Crippen LogP contribution is -2.47. The fraction of sp³-hybridized carbons (Fsp3) is 0.222. The third kappa shape index (κ3) is 4.38. The molecule has 0 heterocycles. The van der Waals surface area contributed by atoms with E-state index in [4.69, 9.17) is 0 Å². The fourth-order valence-corrected chi connectivity index (χ4v) is 2.27. The molecule has 0 saturated carbocycles. The van der Waals surface area contributed by atoms with E-state index in [9.17, 15) is 18.4 Å². The molecule has 1 atom stereocenters. The van der Waals surface area contributed by atoms with E-state index in [0.717, 1.165) is 23.8 Å². The number of hydrogen-bond acceptors (Lipinski definition) is 2. The quantitative estimate of drug-likeness (QED) is 0.914. The van der Waals surface area contributed by atoms with Gasteiger partial charge in [-0.3, -0.25) is 9.59 Å². The number of halogens is 2. The van der Waals surface area contributed by atoms with Crippen LogP contribution in [0.3, 0.4) is 0 Å². The van der Waals surface area contributed by atoms with E-state index in [-0.39, 0.29) is 12.3 Å². The number of carbonyl (C=O) groups excluding carboxylic acids is 2. The normalized spacial score (nSPS) is 11.7. The zero-order valence-electron chi connectivity index (χ0n) is 13.4. The van der Waals surface area contributed by atoms with Crippen molar-refractivity contribution in [3.05, 3.63) is 71.3 Å². The number of nitrogens with one attached hydrogen (secondary N) is 1. The van der Waals surface area contributed by atoms with Crippen molar-refractivity contribution in [2.75, 3.05) is 14.1 Å². The molecule has 4 nitrogen and oxygen atoms in total. The van der Waals surface area contributed by atoms with Crippen LogP contribution in [-0.4, -0.2) is 36.9 Å². The average Bonchev–Trinajstić information content (AvgIpc) is 2.56. The molecule has 2 amide bonds. The van der Waals surface area contributed by atoms with Crippen LogP contribution >= 0.6 is 0 Å². The highest BCUT2D eigenvalue weighted by atomic mass is 19.1. The van der Waals surface area contributed by atoms with Crippen molar-refractivity contribution < 1.29 is 18.4 Å². The van der Waals surface area contributed by atoms with Gasteiger partial charge in [0, 0.05) is 20.5 Å². The summed E-state index contributed by atoms with van der Waals surface area (Å²) in [5.41, 5.74) is 0.414. The zero-order valence-corrected chi connectivity index (χ0v) is 13.4. The number of amides is 2. The summed E-state index contributed by atoms with van der Waals surface area (Å²) in [7, 11) is 3.13. The molecule has 6 heteroatoms. The number of rotatable bonds is 5. The van der Waals surface area contributed by atoms with Crippen LogP contribution < -0.4 is 5.32 Å². The van der Waals surface area contributed by atoms with Crippen LogP contribution in [0.1, 0.15) is 15.9 Å². The molecule has 2 aromatic rings. The highest BCUT2D eigenvalue weighted by Crippen LogP contribution is 2.11. The van der Waals surface area contributed by atoms with Gasteiger partial charge in [0.2, 0.25) is 5.91 Å². The summed E-state index contributed by atoms with van der Waals surface area (Å²) in [6, 6.07) is 10.9. The number of likely N-dealkylation sites (N-methyl/N-ethyl adjacent to an activating group) is 1. The van der Waals surface area contributed by atoms with Crippen molar-refractivity contribution >= 4 is 11.8 Å². The molecule has 0 fully saturated rings. The Bertz CT molecular complexity index is 733. The van der Waals surface area contributed by atoms with Crippen molar-refractivity contribution in [1.82, 2.24) is 10.2 Å². The topological polar surface area (TPSA) is 49.4 Å². The van der Waals surface area contributed by atoms with Crippen LogP contribution in [0.5, 0.6) is 0 Å². The van der Waals surface area contributed by atoms with Gasteiger partial charge in [-0.25, -0.2) is 8.78 Å². The van der Waals surface area contributed by atoms with Crippen molar-refractivity contribution in [1.29, 1.82) is 0 Å².